The van der Waals surface area contributed by atoms with Gasteiger partial charge in [-0.2, -0.15) is 0 Å². The summed E-state index contributed by atoms with van der Waals surface area (Å²) < 4.78 is 0. The zero-order valence-corrected chi connectivity index (χ0v) is 26.5. The van der Waals surface area contributed by atoms with E-state index in [1.165, 1.54) is 54.2 Å². The second-order valence-corrected chi connectivity index (χ2v) is 11.5. The third kappa shape index (κ3) is 6.06. The molecule has 0 fully saturated rings. The summed E-state index contributed by atoms with van der Waals surface area (Å²) in [6, 6.07) is 35.2. The van der Waals surface area contributed by atoms with Crippen LogP contribution in [0, 0.1) is 0 Å². The van der Waals surface area contributed by atoms with E-state index < -0.39 is 0 Å². The van der Waals surface area contributed by atoms with Crippen molar-refractivity contribution in [2.24, 2.45) is 0 Å². The zero-order chi connectivity index (χ0) is 24.1. The van der Waals surface area contributed by atoms with Crippen LogP contribution in [0.3, 0.4) is 0 Å². The Labute approximate surface area is 253 Å². The summed E-state index contributed by atoms with van der Waals surface area (Å²) in [6.45, 7) is 13.7. The molecule has 0 amide bonds. The predicted molar refractivity (Wildman–Crippen MR) is 151 cm³/mol. The molecule has 0 aliphatic carbocycles. The van der Waals surface area contributed by atoms with Gasteiger partial charge < -0.3 is 24.8 Å². The van der Waals surface area contributed by atoms with Gasteiger partial charge in [0.25, 0.3) is 0 Å². The molecule has 6 rings (SSSR count). The summed E-state index contributed by atoms with van der Waals surface area (Å²) in [7, 11) is 0. The molecule has 0 unspecified atom stereocenters. The molecule has 0 radical (unpaired) electrons. The Morgan fingerprint density at radius 2 is 0.757 bits per heavy atom. The van der Waals surface area contributed by atoms with Crippen LogP contribution in [0.25, 0.3) is 43.1 Å². The van der Waals surface area contributed by atoms with Gasteiger partial charge in [-0.15, -0.1) is 79.5 Å². The van der Waals surface area contributed by atoms with Gasteiger partial charge in [-0.1, -0.05) is 113 Å². The number of halogens is 2. The molecule has 0 atom stereocenters. The molecule has 0 heterocycles. The fourth-order valence-corrected chi connectivity index (χ4v) is 5.27. The van der Waals surface area contributed by atoms with E-state index in [9.17, 15) is 0 Å². The molecule has 0 saturated heterocycles. The van der Waals surface area contributed by atoms with Crippen LogP contribution in [0.1, 0.15) is 52.7 Å². The quantitative estimate of drug-likeness (QED) is 0.230. The van der Waals surface area contributed by atoms with Crippen molar-refractivity contribution < 1.29 is 51.0 Å². The third-order valence-electron chi connectivity index (χ3n) is 6.89. The van der Waals surface area contributed by atoms with E-state index in [1.807, 2.05) is 0 Å². The van der Waals surface area contributed by atoms with Gasteiger partial charge in [0.1, 0.15) is 0 Å². The van der Waals surface area contributed by atoms with Gasteiger partial charge in [0.15, 0.2) is 0 Å². The van der Waals surface area contributed by atoms with Gasteiger partial charge >= 0.3 is 26.2 Å². The summed E-state index contributed by atoms with van der Waals surface area (Å²) >= 11 is 0. The van der Waals surface area contributed by atoms with Gasteiger partial charge in [-0.25, -0.2) is 0 Å². The molecule has 0 aromatic heterocycles. The second kappa shape index (κ2) is 11.9. The molecule has 0 spiro atoms. The maximum Gasteiger partial charge on any atom is 4.00 e. The van der Waals surface area contributed by atoms with E-state index in [4.69, 9.17) is 0 Å². The van der Waals surface area contributed by atoms with Crippen LogP contribution in [0.15, 0.2) is 97.1 Å². The van der Waals surface area contributed by atoms with Crippen molar-refractivity contribution in [3.8, 4) is 0 Å². The zero-order valence-electron chi connectivity index (χ0n) is 22.5. The summed E-state index contributed by atoms with van der Waals surface area (Å²) in [6.07, 6.45) is 0. The Morgan fingerprint density at radius 3 is 1.11 bits per heavy atom. The van der Waals surface area contributed by atoms with Crippen LogP contribution in [-0.4, -0.2) is 0 Å². The molecule has 3 heteroatoms. The van der Waals surface area contributed by atoms with E-state index in [0.29, 0.717) is 0 Å². The largest absolute Gasteiger partial charge is 4.00 e. The van der Waals surface area contributed by atoms with Crippen molar-refractivity contribution in [3.05, 3.63) is 108 Å². The first-order valence-corrected chi connectivity index (χ1v) is 12.3. The smallest absolute Gasteiger partial charge is 1.00 e. The Morgan fingerprint density at radius 1 is 0.432 bits per heavy atom. The molecule has 6 aromatic rings. The van der Waals surface area contributed by atoms with Crippen LogP contribution >= 0.6 is 0 Å². The van der Waals surface area contributed by atoms with Gasteiger partial charge in [0, 0.05) is 0 Å². The van der Waals surface area contributed by atoms with Crippen LogP contribution in [0.4, 0.5) is 0 Å². The Balaban J connectivity index is 0.000000241. The minimum absolute atomic E-state index is 0. The van der Waals surface area contributed by atoms with E-state index >= 15 is 0 Å². The van der Waals surface area contributed by atoms with E-state index in [2.05, 4.69) is 139 Å². The molecular weight excluding hydrogens is 571 g/mol. The van der Waals surface area contributed by atoms with Crippen LogP contribution < -0.4 is 24.8 Å². The fraction of sp³-hybridized carbons (Fsp3) is 0.235. The number of hydrogen-bond acceptors (Lipinski definition) is 0. The average Bonchev–Trinajstić information content (AvgIpc) is 3.36. The Bertz CT molecular complexity index is 1500. The maximum atomic E-state index is 2.29. The van der Waals surface area contributed by atoms with Crippen molar-refractivity contribution in [1.29, 1.82) is 0 Å². The summed E-state index contributed by atoms with van der Waals surface area (Å²) in [4.78, 5) is 0. The van der Waals surface area contributed by atoms with Crippen molar-refractivity contribution in [2.75, 3.05) is 0 Å². The van der Waals surface area contributed by atoms with Gasteiger partial charge in [0.2, 0.25) is 0 Å². The number of hydrogen-bond donors (Lipinski definition) is 0. The van der Waals surface area contributed by atoms with E-state index in [-0.39, 0.29) is 61.8 Å². The fourth-order valence-electron chi connectivity index (χ4n) is 5.27. The van der Waals surface area contributed by atoms with Crippen LogP contribution in [0.5, 0.6) is 0 Å². The van der Waals surface area contributed by atoms with Crippen LogP contribution in [-0.2, 0) is 37.0 Å². The van der Waals surface area contributed by atoms with Gasteiger partial charge in [-0.05, 0) is 10.8 Å². The average molecular weight is 605 g/mol. The SMILES string of the molecule is CC(C)(C)c1cccc2[cH-]c3ccccc3c12.CC(C)(C)c1cccc2[cH-]c3ccccc3c12.[Cl-].[Cl-].[Zr+4]. The minimum Gasteiger partial charge on any atom is -1.00 e. The Kier molecular flexibility index (Phi) is 10.0. The van der Waals surface area contributed by atoms with Gasteiger partial charge in [-0.3, -0.25) is 0 Å². The first-order valence-electron chi connectivity index (χ1n) is 12.3. The van der Waals surface area contributed by atoms with E-state index in [1.54, 1.807) is 0 Å². The van der Waals surface area contributed by atoms with E-state index in [0.717, 1.165) is 0 Å². The molecule has 37 heavy (non-hydrogen) atoms. The number of rotatable bonds is 0. The molecule has 0 aliphatic heterocycles. The number of fused-ring (bicyclic) bond motifs is 6. The topological polar surface area (TPSA) is 0 Å². The maximum absolute atomic E-state index is 2.29. The molecule has 188 valence electrons. The van der Waals surface area contributed by atoms with Crippen molar-refractivity contribution in [3.63, 3.8) is 0 Å². The molecule has 0 saturated carbocycles. The van der Waals surface area contributed by atoms with Crippen molar-refractivity contribution in [2.45, 2.75) is 52.4 Å². The minimum atomic E-state index is 0. The molecule has 0 N–H and O–H groups in total. The molecule has 0 aliphatic rings. The van der Waals surface area contributed by atoms with Crippen molar-refractivity contribution in [1.82, 2.24) is 0 Å². The summed E-state index contributed by atoms with van der Waals surface area (Å²) in [5.41, 5.74) is 3.26. The second-order valence-electron chi connectivity index (χ2n) is 11.5. The Hall–Kier alpha value is -1.92. The first kappa shape index (κ1) is 31.3. The third-order valence-corrected chi connectivity index (χ3v) is 6.89. The monoisotopic (exact) mass is 602 g/mol. The van der Waals surface area contributed by atoms with Crippen LogP contribution in [0.2, 0.25) is 0 Å². The number of benzene rings is 4. The molecule has 0 bridgehead atoms. The normalized spacial score (nSPS) is 11.4. The molecule has 0 nitrogen and oxygen atoms in total. The molecular formula is C34H34Cl2Zr. The standard InChI is InChI=1S/2C17H17.2ClH.Zr/c2*1-17(2,3)15-10-6-8-13-11-12-7-4-5-9-14(12)16(13)15;;;/h2*4-11H,1-3H3;2*1H;/q2*-1;;;+4/p-2. The van der Waals surface area contributed by atoms with Crippen molar-refractivity contribution >= 4 is 43.1 Å². The van der Waals surface area contributed by atoms with Gasteiger partial charge in [0.05, 0.1) is 0 Å². The first-order chi connectivity index (χ1) is 16.1. The summed E-state index contributed by atoms with van der Waals surface area (Å²) in [5.74, 6) is 0. The predicted octanol–water partition coefficient (Wildman–Crippen LogP) is 4.02. The summed E-state index contributed by atoms with van der Waals surface area (Å²) in [5, 5.41) is 11.0. The molecule has 6 aromatic carbocycles.